The summed E-state index contributed by atoms with van der Waals surface area (Å²) >= 11 is 1.65. The maximum Gasteiger partial charge on any atom is 0.225 e. The van der Waals surface area contributed by atoms with Gasteiger partial charge >= 0.3 is 0 Å². The van der Waals surface area contributed by atoms with Gasteiger partial charge < -0.3 is 15.0 Å². The first-order valence-corrected chi connectivity index (χ1v) is 12.3. The molecule has 5 rings (SSSR count). The molecule has 4 aromatic rings. The van der Waals surface area contributed by atoms with Crippen molar-refractivity contribution >= 4 is 34.0 Å². The smallest absolute Gasteiger partial charge is 0.225 e. The number of carbonyl (C=O) groups excluding carboxylic acids is 1. The molecule has 0 aliphatic carbocycles. The Labute approximate surface area is 202 Å². The number of methoxy groups -OCH3 is 1. The van der Waals surface area contributed by atoms with E-state index in [4.69, 9.17) is 9.84 Å². The number of aryl methyl sites for hydroxylation is 2. The number of ether oxygens (including phenoxy) is 1. The van der Waals surface area contributed by atoms with Gasteiger partial charge in [0, 0.05) is 18.0 Å². The number of thiophene rings is 1. The summed E-state index contributed by atoms with van der Waals surface area (Å²) in [5.41, 5.74) is 3.62. The summed E-state index contributed by atoms with van der Waals surface area (Å²) < 4.78 is 7.22. The second-order valence-electron chi connectivity index (χ2n) is 8.61. The Morgan fingerprint density at radius 3 is 2.76 bits per heavy atom. The van der Waals surface area contributed by atoms with Gasteiger partial charge in [-0.1, -0.05) is 6.07 Å². The highest BCUT2D eigenvalue weighted by molar-refractivity contribution is 7.09. The van der Waals surface area contributed by atoms with Gasteiger partial charge in [0.25, 0.3) is 0 Å². The molecule has 1 amide bonds. The van der Waals surface area contributed by atoms with Crippen LogP contribution in [0.2, 0.25) is 0 Å². The van der Waals surface area contributed by atoms with Gasteiger partial charge in [0.2, 0.25) is 5.91 Å². The summed E-state index contributed by atoms with van der Waals surface area (Å²) in [7, 11) is 1.66. The minimum Gasteiger partial charge on any atom is -0.497 e. The summed E-state index contributed by atoms with van der Waals surface area (Å²) in [4.78, 5) is 16.2. The van der Waals surface area contributed by atoms with Crippen LogP contribution in [0.3, 0.4) is 0 Å². The van der Waals surface area contributed by atoms with Crippen molar-refractivity contribution < 1.29 is 9.53 Å². The number of fused-ring (bicyclic) bond motifs is 1. The van der Waals surface area contributed by atoms with Gasteiger partial charge in [-0.25, -0.2) is 4.68 Å². The van der Waals surface area contributed by atoms with Crippen molar-refractivity contribution in [1.82, 2.24) is 25.3 Å². The average Bonchev–Trinajstić information content (AvgIpc) is 3.51. The molecule has 4 heterocycles. The number of benzene rings is 1. The SMILES string of the molecule is COc1ccc(-n2nc3c(N4CCC[C@H](C(=O)NCc5cccs5)C4)nnc(C)c3c2C)cc1. The Morgan fingerprint density at radius 2 is 2.03 bits per heavy atom. The van der Waals surface area contributed by atoms with Gasteiger partial charge in [-0.2, -0.15) is 10.2 Å². The molecule has 34 heavy (non-hydrogen) atoms. The predicted molar refractivity (Wildman–Crippen MR) is 134 cm³/mol. The normalized spacial score (nSPS) is 16.1. The average molecular weight is 477 g/mol. The monoisotopic (exact) mass is 476 g/mol. The van der Waals surface area contributed by atoms with Crippen LogP contribution < -0.4 is 15.0 Å². The summed E-state index contributed by atoms with van der Waals surface area (Å²) in [6.45, 7) is 6.03. The second kappa shape index (κ2) is 9.42. The molecule has 1 aromatic carbocycles. The number of aromatic nitrogens is 4. The molecule has 0 bridgehead atoms. The lowest BCUT2D eigenvalue weighted by Gasteiger charge is -2.32. The van der Waals surface area contributed by atoms with E-state index in [0.717, 1.165) is 63.8 Å². The lowest BCUT2D eigenvalue weighted by atomic mass is 9.97. The quantitative estimate of drug-likeness (QED) is 0.452. The first-order chi connectivity index (χ1) is 16.5. The van der Waals surface area contributed by atoms with E-state index in [-0.39, 0.29) is 11.8 Å². The predicted octanol–water partition coefficient (Wildman–Crippen LogP) is 4.04. The molecule has 0 saturated carbocycles. The fourth-order valence-corrected chi connectivity index (χ4v) is 5.26. The van der Waals surface area contributed by atoms with Crippen molar-refractivity contribution in [3.8, 4) is 11.4 Å². The molecule has 0 spiro atoms. The Hall–Kier alpha value is -3.46. The number of nitrogens with zero attached hydrogens (tertiary/aromatic N) is 5. The first-order valence-electron chi connectivity index (χ1n) is 11.5. The van der Waals surface area contributed by atoms with E-state index < -0.39 is 0 Å². The number of anilines is 1. The van der Waals surface area contributed by atoms with Crippen molar-refractivity contribution in [2.75, 3.05) is 25.1 Å². The summed E-state index contributed by atoms with van der Waals surface area (Å²) in [6.07, 6.45) is 1.79. The maximum atomic E-state index is 12.9. The molecule has 0 radical (unpaired) electrons. The zero-order valence-electron chi connectivity index (χ0n) is 19.6. The molecule has 9 heteroatoms. The van der Waals surface area contributed by atoms with Crippen LogP contribution in [0, 0.1) is 19.8 Å². The van der Waals surface area contributed by atoms with Crippen LogP contribution in [0.4, 0.5) is 5.82 Å². The Kier molecular flexibility index (Phi) is 6.19. The van der Waals surface area contributed by atoms with E-state index >= 15 is 0 Å². The topological polar surface area (TPSA) is 85.2 Å². The van der Waals surface area contributed by atoms with E-state index in [2.05, 4.69) is 27.3 Å². The van der Waals surface area contributed by atoms with Crippen LogP contribution in [0.25, 0.3) is 16.6 Å². The number of rotatable bonds is 6. The van der Waals surface area contributed by atoms with Crippen LogP contribution in [-0.4, -0.2) is 46.1 Å². The molecule has 176 valence electrons. The van der Waals surface area contributed by atoms with Crippen LogP contribution >= 0.6 is 11.3 Å². The Balaban J connectivity index is 1.42. The van der Waals surface area contributed by atoms with Gasteiger partial charge in [0.1, 0.15) is 11.3 Å². The van der Waals surface area contributed by atoms with Crippen molar-refractivity contribution in [3.05, 3.63) is 58.0 Å². The molecule has 1 N–H and O–H groups in total. The van der Waals surface area contributed by atoms with E-state index in [9.17, 15) is 4.79 Å². The lowest BCUT2D eigenvalue weighted by molar-refractivity contribution is -0.125. The van der Waals surface area contributed by atoms with Crippen molar-refractivity contribution in [2.24, 2.45) is 5.92 Å². The van der Waals surface area contributed by atoms with E-state index in [1.165, 1.54) is 0 Å². The second-order valence-corrected chi connectivity index (χ2v) is 9.64. The number of piperidine rings is 1. The van der Waals surface area contributed by atoms with Gasteiger partial charge in [0.05, 0.1) is 42.0 Å². The van der Waals surface area contributed by atoms with Gasteiger partial charge in [-0.15, -0.1) is 16.4 Å². The molecule has 1 atom stereocenters. The molecule has 1 aliphatic rings. The van der Waals surface area contributed by atoms with E-state index in [1.807, 2.05) is 53.4 Å². The molecule has 1 fully saturated rings. The first kappa shape index (κ1) is 22.3. The fraction of sp³-hybridized carbons (Fsp3) is 0.360. The minimum absolute atomic E-state index is 0.0864. The molecular weight excluding hydrogens is 448 g/mol. The largest absolute Gasteiger partial charge is 0.497 e. The fourth-order valence-electron chi connectivity index (χ4n) is 4.61. The highest BCUT2D eigenvalue weighted by Crippen LogP contribution is 2.32. The number of amides is 1. The van der Waals surface area contributed by atoms with Crippen LogP contribution in [-0.2, 0) is 11.3 Å². The standard InChI is InChI=1S/C25H28N6O2S/c1-16-22-17(2)31(19-8-10-20(33-3)11-9-19)29-23(22)24(28-27-16)30-12-4-6-18(15-30)25(32)26-14-21-7-5-13-34-21/h5,7-11,13,18H,4,6,12,14-15H2,1-3H3,(H,26,32)/t18-/m0/s1. The highest BCUT2D eigenvalue weighted by atomic mass is 32.1. The van der Waals surface area contributed by atoms with E-state index in [0.29, 0.717) is 13.1 Å². The van der Waals surface area contributed by atoms with Gasteiger partial charge in [0.15, 0.2) is 5.82 Å². The third-order valence-electron chi connectivity index (χ3n) is 6.41. The Bertz CT molecular complexity index is 1300. The minimum atomic E-state index is -0.0864. The highest BCUT2D eigenvalue weighted by Gasteiger charge is 2.29. The van der Waals surface area contributed by atoms with Crippen molar-refractivity contribution in [3.63, 3.8) is 0 Å². The lowest BCUT2D eigenvalue weighted by Crippen LogP contribution is -2.43. The summed E-state index contributed by atoms with van der Waals surface area (Å²) in [6, 6.07) is 11.9. The van der Waals surface area contributed by atoms with Gasteiger partial charge in [-0.3, -0.25) is 4.79 Å². The third-order valence-corrected chi connectivity index (χ3v) is 7.29. The number of carbonyl (C=O) groups is 1. The molecular formula is C25H28N6O2S. The van der Waals surface area contributed by atoms with Crippen LogP contribution in [0.5, 0.6) is 5.75 Å². The molecule has 8 nitrogen and oxygen atoms in total. The van der Waals surface area contributed by atoms with Gasteiger partial charge in [-0.05, 0) is 62.4 Å². The van der Waals surface area contributed by atoms with Crippen molar-refractivity contribution in [2.45, 2.75) is 33.2 Å². The molecule has 1 saturated heterocycles. The van der Waals surface area contributed by atoms with E-state index in [1.54, 1.807) is 18.4 Å². The summed E-state index contributed by atoms with van der Waals surface area (Å²) in [5, 5.41) is 20.1. The number of nitrogens with one attached hydrogen (secondary N) is 1. The Morgan fingerprint density at radius 1 is 1.21 bits per heavy atom. The third kappa shape index (κ3) is 4.23. The molecule has 1 aliphatic heterocycles. The zero-order chi connectivity index (χ0) is 23.7. The molecule has 3 aromatic heterocycles. The van der Waals surface area contributed by atoms with Crippen LogP contribution in [0.15, 0.2) is 41.8 Å². The van der Waals surface area contributed by atoms with Crippen molar-refractivity contribution in [1.29, 1.82) is 0 Å². The maximum absolute atomic E-state index is 12.9. The van der Waals surface area contributed by atoms with Crippen LogP contribution in [0.1, 0.15) is 29.1 Å². The molecule has 0 unspecified atom stereocenters. The number of hydrogen-bond donors (Lipinski definition) is 1. The number of hydrogen-bond acceptors (Lipinski definition) is 7. The zero-order valence-corrected chi connectivity index (χ0v) is 20.4. The summed E-state index contributed by atoms with van der Waals surface area (Å²) in [5.74, 6) is 1.55.